The van der Waals surface area contributed by atoms with Crippen molar-refractivity contribution in [3.05, 3.63) is 36.0 Å². The zero-order valence-corrected chi connectivity index (χ0v) is 7.75. The molecule has 0 aliphatic heterocycles. The molecule has 0 spiro atoms. The van der Waals surface area contributed by atoms with Crippen molar-refractivity contribution in [1.29, 1.82) is 0 Å². The molecule has 1 heterocycles. The summed E-state index contributed by atoms with van der Waals surface area (Å²) >= 11 is 0. The van der Waals surface area contributed by atoms with E-state index < -0.39 is 0 Å². The maximum Gasteiger partial charge on any atom is 0.0454 e. The largest absolute Gasteiger partial charge is 0.361 e. The van der Waals surface area contributed by atoms with Gasteiger partial charge in [-0.15, -0.1) is 0 Å². The summed E-state index contributed by atoms with van der Waals surface area (Å²) in [5, 5.41) is 1.24. The Hall–Kier alpha value is -1.28. The highest BCUT2D eigenvalue weighted by molar-refractivity contribution is 5.80. The first kappa shape index (κ1) is 8.32. The van der Waals surface area contributed by atoms with Gasteiger partial charge in [-0.3, -0.25) is 0 Å². The standard InChI is InChI=1S/C11H14N2/c1-2-10(12)8-3-4-11-9(7-8)5-6-13-11/h3-7,10,13H,2,12H2,1H3/t10-/m0/s1. The van der Waals surface area contributed by atoms with Crippen molar-refractivity contribution in [1.82, 2.24) is 4.98 Å². The van der Waals surface area contributed by atoms with Crippen LogP contribution in [0.5, 0.6) is 0 Å². The normalized spacial score (nSPS) is 13.4. The second-order valence-corrected chi connectivity index (χ2v) is 3.34. The lowest BCUT2D eigenvalue weighted by molar-refractivity contribution is 0.700. The smallest absolute Gasteiger partial charge is 0.0454 e. The van der Waals surface area contributed by atoms with Gasteiger partial charge in [-0.1, -0.05) is 13.0 Å². The SMILES string of the molecule is CC[C@H](N)c1ccc2[nH]ccc2c1. The summed E-state index contributed by atoms with van der Waals surface area (Å²) in [5.74, 6) is 0. The highest BCUT2D eigenvalue weighted by Crippen LogP contribution is 2.19. The van der Waals surface area contributed by atoms with Gasteiger partial charge in [-0.25, -0.2) is 0 Å². The summed E-state index contributed by atoms with van der Waals surface area (Å²) in [7, 11) is 0. The number of nitrogens with one attached hydrogen (secondary N) is 1. The molecule has 2 rings (SSSR count). The van der Waals surface area contributed by atoms with Crippen molar-refractivity contribution in [2.75, 3.05) is 0 Å². The van der Waals surface area contributed by atoms with Gasteiger partial charge in [0.2, 0.25) is 0 Å². The third-order valence-electron chi connectivity index (χ3n) is 2.45. The van der Waals surface area contributed by atoms with E-state index in [9.17, 15) is 0 Å². The van der Waals surface area contributed by atoms with Gasteiger partial charge in [0, 0.05) is 17.8 Å². The van der Waals surface area contributed by atoms with Crippen LogP contribution >= 0.6 is 0 Å². The lowest BCUT2D eigenvalue weighted by atomic mass is 10.0. The maximum atomic E-state index is 5.94. The molecule has 0 aliphatic carbocycles. The molecule has 1 aromatic heterocycles. The Morgan fingerprint density at radius 2 is 2.23 bits per heavy atom. The molecule has 0 saturated carbocycles. The van der Waals surface area contributed by atoms with E-state index in [0.29, 0.717) is 0 Å². The summed E-state index contributed by atoms with van der Waals surface area (Å²) < 4.78 is 0. The first-order valence-electron chi connectivity index (χ1n) is 4.64. The predicted molar refractivity (Wildman–Crippen MR) is 55.5 cm³/mol. The van der Waals surface area contributed by atoms with Crippen LogP contribution in [0.1, 0.15) is 24.9 Å². The summed E-state index contributed by atoms with van der Waals surface area (Å²) in [5.41, 5.74) is 8.33. The van der Waals surface area contributed by atoms with Gasteiger partial charge in [-0.05, 0) is 35.6 Å². The zero-order valence-electron chi connectivity index (χ0n) is 7.75. The third kappa shape index (κ3) is 1.45. The minimum absolute atomic E-state index is 0.166. The van der Waals surface area contributed by atoms with Crippen LogP contribution in [-0.2, 0) is 0 Å². The van der Waals surface area contributed by atoms with E-state index in [2.05, 4.69) is 36.2 Å². The number of hydrogen-bond acceptors (Lipinski definition) is 1. The average molecular weight is 174 g/mol. The Labute approximate surface area is 77.8 Å². The highest BCUT2D eigenvalue weighted by atomic mass is 14.7. The molecule has 0 unspecified atom stereocenters. The second kappa shape index (κ2) is 3.23. The van der Waals surface area contributed by atoms with Crippen molar-refractivity contribution in [2.45, 2.75) is 19.4 Å². The molecule has 0 bridgehead atoms. The van der Waals surface area contributed by atoms with Crippen molar-refractivity contribution in [3.63, 3.8) is 0 Å². The van der Waals surface area contributed by atoms with Gasteiger partial charge in [0.05, 0.1) is 0 Å². The molecule has 0 fully saturated rings. The molecule has 0 amide bonds. The minimum Gasteiger partial charge on any atom is -0.361 e. The summed E-state index contributed by atoms with van der Waals surface area (Å²) in [4.78, 5) is 3.16. The Balaban J connectivity index is 2.48. The summed E-state index contributed by atoms with van der Waals surface area (Å²) in [6.45, 7) is 2.10. The number of aromatic amines is 1. The first-order chi connectivity index (χ1) is 6.31. The zero-order chi connectivity index (χ0) is 9.26. The van der Waals surface area contributed by atoms with Crippen LogP contribution in [0.15, 0.2) is 30.5 Å². The Morgan fingerprint density at radius 3 is 3.00 bits per heavy atom. The van der Waals surface area contributed by atoms with E-state index in [0.717, 1.165) is 6.42 Å². The molecule has 0 aliphatic rings. The van der Waals surface area contributed by atoms with Gasteiger partial charge < -0.3 is 10.7 Å². The number of fused-ring (bicyclic) bond motifs is 1. The van der Waals surface area contributed by atoms with Crippen molar-refractivity contribution < 1.29 is 0 Å². The average Bonchev–Trinajstić information content (AvgIpc) is 2.63. The molecule has 3 N–H and O–H groups in total. The lowest BCUT2D eigenvalue weighted by Crippen LogP contribution is -2.07. The number of H-pyrrole nitrogens is 1. The third-order valence-corrected chi connectivity index (χ3v) is 2.45. The Kier molecular flexibility index (Phi) is 2.07. The van der Waals surface area contributed by atoms with Crippen LogP contribution in [0.25, 0.3) is 10.9 Å². The van der Waals surface area contributed by atoms with Gasteiger partial charge in [0.25, 0.3) is 0 Å². The lowest BCUT2D eigenvalue weighted by Gasteiger charge is -2.08. The molecule has 1 aromatic carbocycles. The quantitative estimate of drug-likeness (QED) is 0.722. The van der Waals surface area contributed by atoms with Crippen LogP contribution in [0.2, 0.25) is 0 Å². The van der Waals surface area contributed by atoms with E-state index in [-0.39, 0.29) is 6.04 Å². The van der Waals surface area contributed by atoms with Crippen LogP contribution in [-0.4, -0.2) is 4.98 Å². The molecule has 13 heavy (non-hydrogen) atoms. The second-order valence-electron chi connectivity index (χ2n) is 3.34. The van der Waals surface area contributed by atoms with Crippen LogP contribution in [0.3, 0.4) is 0 Å². The maximum absolute atomic E-state index is 5.94. The topological polar surface area (TPSA) is 41.8 Å². The van der Waals surface area contributed by atoms with Crippen molar-refractivity contribution in [2.24, 2.45) is 5.73 Å². The molecule has 0 saturated heterocycles. The van der Waals surface area contributed by atoms with Gasteiger partial charge in [0.15, 0.2) is 0 Å². The first-order valence-corrected chi connectivity index (χ1v) is 4.64. The van der Waals surface area contributed by atoms with Crippen LogP contribution in [0, 0.1) is 0 Å². The Morgan fingerprint density at radius 1 is 1.38 bits per heavy atom. The summed E-state index contributed by atoms with van der Waals surface area (Å²) in [6, 6.07) is 8.56. The molecule has 2 nitrogen and oxygen atoms in total. The molecule has 2 heteroatoms. The molecular weight excluding hydrogens is 160 g/mol. The molecular formula is C11H14N2. The number of benzene rings is 1. The fraction of sp³-hybridized carbons (Fsp3) is 0.273. The fourth-order valence-corrected chi connectivity index (χ4v) is 1.54. The van der Waals surface area contributed by atoms with E-state index in [1.165, 1.54) is 16.5 Å². The van der Waals surface area contributed by atoms with Crippen LogP contribution < -0.4 is 5.73 Å². The predicted octanol–water partition coefficient (Wildman–Crippen LogP) is 2.58. The molecule has 0 radical (unpaired) electrons. The highest BCUT2D eigenvalue weighted by Gasteiger charge is 2.03. The van der Waals surface area contributed by atoms with E-state index >= 15 is 0 Å². The van der Waals surface area contributed by atoms with E-state index in [1.54, 1.807) is 0 Å². The van der Waals surface area contributed by atoms with Crippen molar-refractivity contribution >= 4 is 10.9 Å². The number of hydrogen-bond donors (Lipinski definition) is 2. The minimum atomic E-state index is 0.166. The summed E-state index contributed by atoms with van der Waals surface area (Å²) in [6.07, 6.45) is 2.93. The van der Waals surface area contributed by atoms with Gasteiger partial charge in [0.1, 0.15) is 0 Å². The molecule has 68 valence electrons. The van der Waals surface area contributed by atoms with Gasteiger partial charge in [-0.2, -0.15) is 0 Å². The number of rotatable bonds is 2. The number of nitrogens with two attached hydrogens (primary N) is 1. The monoisotopic (exact) mass is 174 g/mol. The Bertz CT molecular complexity index is 403. The molecule has 1 atom stereocenters. The number of aromatic nitrogens is 1. The van der Waals surface area contributed by atoms with E-state index in [4.69, 9.17) is 5.73 Å². The molecule has 2 aromatic rings. The van der Waals surface area contributed by atoms with E-state index in [1.807, 2.05) is 6.20 Å². The van der Waals surface area contributed by atoms with Gasteiger partial charge >= 0.3 is 0 Å². The van der Waals surface area contributed by atoms with Crippen molar-refractivity contribution in [3.8, 4) is 0 Å². The van der Waals surface area contributed by atoms with Crippen LogP contribution in [0.4, 0.5) is 0 Å². The fourth-order valence-electron chi connectivity index (χ4n) is 1.54.